The van der Waals surface area contributed by atoms with Crippen molar-refractivity contribution in [3.05, 3.63) is 53.0 Å². The average Bonchev–Trinajstić information content (AvgIpc) is 3.08. The van der Waals surface area contributed by atoms with Crippen LogP contribution >= 0.6 is 0 Å². The molecule has 1 aliphatic heterocycles. The van der Waals surface area contributed by atoms with Gasteiger partial charge < -0.3 is 14.5 Å². The molecule has 3 heteroatoms. The van der Waals surface area contributed by atoms with Crippen molar-refractivity contribution in [2.24, 2.45) is 0 Å². The maximum absolute atomic E-state index is 5.88. The summed E-state index contributed by atoms with van der Waals surface area (Å²) in [6.07, 6.45) is 1.91. The average molecular weight is 257 g/mol. The van der Waals surface area contributed by atoms with Crippen LogP contribution in [0.4, 0.5) is 0 Å². The van der Waals surface area contributed by atoms with Crippen molar-refractivity contribution < 1.29 is 9.15 Å². The summed E-state index contributed by atoms with van der Waals surface area (Å²) >= 11 is 0. The summed E-state index contributed by atoms with van der Waals surface area (Å²) < 4.78 is 11.7. The van der Waals surface area contributed by atoms with Crippen LogP contribution in [0.3, 0.4) is 0 Å². The summed E-state index contributed by atoms with van der Waals surface area (Å²) in [5.41, 5.74) is 2.45. The first-order valence-corrected chi connectivity index (χ1v) is 6.84. The van der Waals surface area contributed by atoms with Gasteiger partial charge >= 0.3 is 0 Å². The van der Waals surface area contributed by atoms with E-state index in [0.29, 0.717) is 0 Å². The number of benzene rings is 1. The Morgan fingerprint density at radius 1 is 1.26 bits per heavy atom. The predicted molar refractivity (Wildman–Crippen MR) is 74.6 cm³/mol. The lowest BCUT2D eigenvalue weighted by molar-refractivity contribution is 0.347. The summed E-state index contributed by atoms with van der Waals surface area (Å²) in [4.78, 5) is 0. The van der Waals surface area contributed by atoms with Crippen LogP contribution in [0.15, 0.2) is 34.7 Å². The summed E-state index contributed by atoms with van der Waals surface area (Å²) in [6.45, 7) is 2.88. The Morgan fingerprint density at radius 3 is 2.89 bits per heavy atom. The van der Waals surface area contributed by atoms with E-state index in [1.165, 1.54) is 5.56 Å². The van der Waals surface area contributed by atoms with Crippen molar-refractivity contribution in [1.29, 1.82) is 0 Å². The quantitative estimate of drug-likeness (QED) is 0.914. The monoisotopic (exact) mass is 257 g/mol. The van der Waals surface area contributed by atoms with Gasteiger partial charge in [-0.25, -0.2) is 0 Å². The zero-order valence-corrected chi connectivity index (χ0v) is 11.4. The minimum absolute atomic E-state index is 0.0494. The molecule has 1 N–H and O–H groups in total. The summed E-state index contributed by atoms with van der Waals surface area (Å²) in [7, 11) is 1.95. The third-order valence-electron chi connectivity index (χ3n) is 3.66. The minimum Gasteiger partial charge on any atom is -0.493 e. The Bertz CT molecular complexity index is 574. The maximum Gasteiger partial charge on any atom is 0.127 e. The van der Waals surface area contributed by atoms with Gasteiger partial charge in [0.1, 0.15) is 17.3 Å². The van der Waals surface area contributed by atoms with Gasteiger partial charge in [-0.05, 0) is 24.7 Å². The van der Waals surface area contributed by atoms with E-state index in [1.54, 1.807) is 0 Å². The first-order chi connectivity index (χ1) is 9.33. The lowest BCUT2D eigenvalue weighted by Crippen LogP contribution is -2.17. The lowest BCUT2D eigenvalue weighted by atomic mass is 10.0. The van der Waals surface area contributed by atoms with Crippen LogP contribution in [0.1, 0.15) is 35.6 Å². The molecule has 0 spiro atoms. The number of rotatable bonds is 4. The highest BCUT2D eigenvalue weighted by Crippen LogP contribution is 2.36. The largest absolute Gasteiger partial charge is 0.493 e. The van der Waals surface area contributed by atoms with E-state index in [9.17, 15) is 0 Å². The van der Waals surface area contributed by atoms with Gasteiger partial charge in [-0.2, -0.15) is 0 Å². The highest BCUT2D eigenvalue weighted by molar-refractivity contribution is 5.47. The minimum atomic E-state index is 0.0494. The summed E-state index contributed by atoms with van der Waals surface area (Å²) in [5.74, 6) is 2.99. The van der Waals surface area contributed by atoms with E-state index in [0.717, 1.165) is 42.3 Å². The summed E-state index contributed by atoms with van der Waals surface area (Å²) in [6, 6.07) is 10.5. The van der Waals surface area contributed by atoms with Crippen LogP contribution in [0.25, 0.3) is 0 Å². The number of nitrogens with one attached hydrogen (secondary N) is 1. The van der Waals surface area contributed by atoms with Crippen LogP contribution in [0.5, 0.6) is 5.75 Å². The van der Waals surface area contributed by atoms with Gasteiger partial charge in [0.05, 0.1) is 12.6 Å². The third-order valence-corrected chi connectivity index (χ3v) is 3.66. The van der Waals surface area contributed by atoms with Crippen LogP contribution in [0.2, 0.25) is 0 Å². The van der Waals surface area contributed by atoms with Gasteiger partial charge in [0.25, 0.3) is 0 Å². The van der Waals surface area contributed by atoms with Crippen LogP contribution in [0, 0.1) is 0 Å². The third kappa shape index (κ3) is 2.15. The molecule has 1 aromatic heterocycles. The molecule has 19 heavy (non-hydrogen) atoms. The van der Waals surface area contributed by atoms with Gasteiger partial charge in [0.2, 0.25) is 0 Å². The van der Waals surface area contributed by atoms with Crippen molar-refractivity contribution in [2.75, 3.05) is 13.7 Å². The Labute approximate surface area is 113 Å². The lowest BCUT2D eigenvalue weighted by Gasteiger charge is -2.17. The molecular formula is C16H19NO2. The van der Waals surface area contributed by atoms with E-state index in [-0.39, 0.29) is 6.04 Å². The zero-order valence-electron chi connectivity index (χ0n) is 11.4. The number of para-hydroxylation sites is 1. The molecule has 1 aromatic carbocycles. The molecule has 0 amide bonds. The Kier molecular flexibility index (Phi) is 3.30. The molecule has 1 aliphatic rings. The first kappa shape index (κ1) is 12.3. The Morgan fingerprint density at radius 2 is 2.16 bits per heavy atom. The SMILES string of the molecule is CCc1ccc(C(NC)c2cccc3c2OCC3)o1. The van der Waals surface area contributed by atoms with Crippen LogP contribution < -0.4 is 10.1 Å². The van der Waals surface area contributed by atoms with Crippen LogP contribution in [-0.4, -0.2) is 13.7 Å². The van der Waals surface area contributed by atoms with Gasteiger partial charge in [0.15, 0.2) is 0 Å². The van der Waals surface area contributed by atoms with E-state index in [2.05, 4.69) is 30.4 Å². The van der Waals surface area contributed by atoms with Crippen molar-refractivity contribution in [2.45, 2.75) is 25.8 Å². The second kappa shape index (κ2) is 5.10. The van der Waals surface area contributed by atoms with E-state index in [1.807, 2.05) is 19.2 Å². The fourth-order valence-electron chi connectivity index (χ4n) is 2.66. The van der Waals surface area contributed by atoms with E-state index in [4.69, 9.17) is 9.15 Å². The van der Waals surface area contributed by atoms with Crippen LogP contribution in [-0.2, 0) is 12.8 Å². The Hall–Kier alpha value is -1.74. The van der Waals surface area contributed by atoms with Gasteiger partial charge in [-0.1, -0.05) is 25.1 Å². The zero-order chi connectivity index (χ0) is 13.2. The molecule has 3 nitrogen and oxygen atoms in total. The van der Waals surface area contributed by atoms with Crippen molar-refractivity contribution in [3.8, 4) is 5.75 Å². The summed E-state index contributed by atoms with van der Waals surface area (Å²) in [5, 5.41) is 3.33. The van der Waals surface area contributed by atoms with E-state index < -0.39 is 0 Å². The predicted octanol–water partition coefficient (Wildman–Crippen LogP) is 3.09. The molecule has 1 unspecified atom stereocenters. The maximum atomic E-state index is 5.88. The molecule has 0 fully saturated rings. The standard InChI is InChI=1S/C16H19NO2/c1-3-12-7-8-14(19-12)15(17-2)13-6-4-5-11-9-10-18-16(11)13/h4-8,15,17H,3,9-10H2,1-2H3. The number of hydrogen-bond acceptors (Lipinski definition) is 3. The highest BCUT2D eigenvalue weighted by Gasteiger charge is 2.24. The smallest absolute Gasteiger partial charge is 0.127 e. The molecule has 0 aliphatic carbocycles. The fourth-order valence-corrected chi connectivity index (χ4v) is 2.66. The first-order valence-electron chi connectivity index (χ1n) is 6.84. The molecule has 0 saturated carbocycles. The molecule has 1 atom stereocenters. The molecule has 0 radical (unpaired) electrons. The van der Waals surface area contributed by atoms with E-state index >= 15 is 0 Å². The topological polar surface area (TPSA) is 34.4 Å². The Balaban J connectivity index is 2.01. The number of fused-ring (bicyclic) bond motifs is 1. The molecule has 2 aromatic rings. The molecule has 2 heterocycles. The number of hydrogen-bond donors (Lipinski definition) is 1. The normalized spacial score (nSPS) is 15.1. The van der Waals surface area contributed by atoms with Crippen molar-refractivity contribution in [3.63, 3.8) is 0 Å². The highest BCUT2D eigenvalue weighted by atomic mass is 16.5. The molecule has 100 valence electrons. The number of aryl methyl sites for hydroxylation is 1. The molecule has 0 bridgehead atoms. The molecule has 0 saturated heterocycles. The van der Waals surface area contributed by atoms with Crippen molar-refractivity contribution >= 4 is 0 Å². The number of ether oxygens (including phenoxy) is 1. The number of furan rings is 1. The van der Waals surface area contributed by atoms with Gasteiger partial charge in [0, 0.05) is 18.4 Å². The second-order valence-corrected chi connectivity index (χ2v) is 4.81. The molecular weight excluding hydrogens is 238 g/mol. The van der Waals surface area contributed by atoms with Gasteiger partial charge in [-0.15, -0.1) is 0 Å². The fraction of sp³-hybridized carbons (Fsp3) is 0.375. The van der Waals surface area contributed by atoms with Gasteiger partial charge in [-0.3, -0.25) is 0 Å². The molecule has 3 rings (SSSR count). The van der Waals surface area contributed by atoms with Crippen molar-refractivity contribution in [1.82, 2.24) is 5.32 Å². The second-order valence-electron chi connectivity index (χ2n) is 4.81.